The van der Waals surface area contributed by atoms with E-state index in [0.717, 1.165) is 5.56 Å². The van der Waals surface area contributed by atoms with Crippen LogP contribution in [0.3, 0.4) is 0 Å². The number of amides is 2. The van der Waals surface area contributed by atoms with Gasteiger partial charge in [0.25, 0.3) is 5.91 Å². The Morgan fingerprint density at radius 1 is 1.00 bits per heavy atom. The highest BCUT2D eigenvalue weighted by molar-refractivity contribution is 5.97. The standard InChI is InChI=1S/C26H28N2O6/c1-18(2)28(26(30)20-6-4-7-21(13-20)31-3)16-25(29)27(15-22-8-5-11-32-22)14-19-9-10-23-24(12-19)34-17-33-23/h4-13,18H,14-17H2,1-3H3. The van der Waals surface area contributed by atoms with Gasteiger partial charge < -0.3 is 28.4 Å². The fourth-order valence-electron chi connectivity index (χ4n) is 3.74. The first-order valence-electron chi connectivity index (χ1n) is 11.1. The fourth-order valence-corrected chi connectivity index (χ4v) is 3.74. The van der Waals surface area contributed by atoms with E-state index in [9.17, 15) is 9.59 Å². The Hall–Kier alpha value is -3.94. The number of carbonyl (C=O) groups is 2. The van der Waals surface area contributed by atoms with E-state index in [4.69, 9.17) is 18.6 Å². The van der Waals surface area contributed by atoms with Crippen LogP contribution in [-0.2, 0) is 17.9 Å². The highest BCUT2D eigenvalue weighted by atomic mass is 16.7. The van der Waals surface area contributed by atoms with Gasteiger partial charge in [-0.1, -0.05) is 12.1 Å². The van der Waals surface area contributed by atoms with Crippen LogP contribution >= 0.6 is 0 Å². The first kappa shape index (κ1) is 23.2. The molecule has 2 heterocycles. The molecule has 1 aliphatic heterocycles. The summed E-state index contributed by atoms with van der Waals surface area (Å²) >= 11 is 0. The summed E-state index contributed by atoms with van der Waals surface area (Å²) in [7, 11) is 1.55. The monoisotopic (exact) mass is 464 g/mol. The maximum atomic E-state index is 13.5. The molecule has 1 aromatic heterocycles. The van der Waals surface area contributed by atoms with Gasteiger partial charge in [0.05, 0.1) is 19.9 Å². The summed E-state index contributed by atoms with van der Waals surface area (Å²) < 4.78 is 21.6. The van der Waals surface area contributed by atoms with Gasteiger partial charge in [0.15, 0.2) is 11.5 Å². The highest BCUT2D eigenvalue weighted by Crippen LogP contribution is 2.33. The van der Waals surface area contributed by atoms with Gasteiger partial charge in [-0.25, -0.2) is 0 Å². The van der Waals surface area contributed by atoms with Crippen molar-refractivity contribution >= 4 is 11.8 Å². The molecule has 0 atom stereocenters. The molecule has 0 saturated carbocycles. The second kappa shape index (κ2) is 10.3. The molecule has 34 heavy (non-hydrogen) atoms. The first-order valence-corrected chi connectivity index (χ1v) is 11.1. The van der Waals surface area contributed by atoms with Gasteiger partial charge in [0.2, 0.25) is 12.7 Å². The molecule has 2 amide bonds. The molecule has 0 radical (unpaired) electrons. The summed E-state index contributed by atoms with van der Waals surface area (Å²) in [6.45, 7) is 4.50. The van der Waals surface area contributed by atoms with Crippen LogP contribution in [0.25, 0.3) is 0 Å². The number of furan rings is 1. The molecular formula is C26H28N2O6. The van der Waals surface area contributed by atoms with Crippen molar-refractivity contribution in [2.45, 2.75) is 33.0 Å². The topological polar surface area (TPSA) is 81.5 Å². The first-order chi connectivity index (χ1) is 16.4. The highest BCUT2D eigenvalue weighted by Gasteiger charge is 2.26. The molecule has 8 nitrogen and oxygen atoms in total. The van der Waals surface area contributed by atoms with Crippen molar-refractivity contribution in [2.24, 2.45) is 0 Å². The Kier molecular flexibility index (Phi) is 7.06. The predicted molar refractivity (Wildman–Crippen MR) is 125 cm³/mol. The van der Waals surface area contributed by atoms with Gasteiger partial charge in [-0.15, -0.1) is 0 Å². The number of ether oxygens (including phenoxy) is 3. The molecule has 0 bridgehead atoms. The zero-order valence-corrected chi connectivity index (χ0v) is 19.5. The van der Waals surface area contributed by atoms with Crippen LogP contribution in [0.2, 0.25) is 0 Å². The van der Waals surface area contributed by atoms with Crippen molar-refractivity contribution in [2.75, 3.05) is 20.4 Å². The van der Waals surface area contributed by atoms with Crippen molar-refractivity contribution in [1.82, 2.24) is 9.80 Å². The number of hydrogen-bond donors (Lipinski definition) is 0. The Morgan fingerprint density at radius 3 is 2.56 bits per heavy atom. The van der Waals surface area contributed by atoms with Crippen molar-refractivity contribution < 1.29 is 28.2 Å². The van der Waals surface area contributed by atoms with E-state index < -0.39 is 0 Å². The van der Waals surface area contributed by atoms with Gasteiger partial charge >= 0.3 is 0 Å². The maximum absolute atomic E-state index is 13.5. The van der Waals surface area contributed by atoms with E-state index >= 15 is 0 Å². The SMILES string of the molecule is COc1cccc(C(=O)N(CC(=O)N(Cc2ccc3c(c2)OCO3)Cc2ccco2)C(C)C)c1. The predicted octanol–water partition coefficient (Wildman–Crippen LogP) is 4.10. The summed E-state index contributed by atoms with van der Waals surface area (Å²) in [6.07, 6.45) is 1.57. The lowest BCUT2D eigenvalue weighted by molar-refractivity contribution is -0.133. The molecule has 0 saturated heterocycles. The van der Waals surface area contributed by atoms with E-state index in [1.165, 1.54) is 0 Å². The summed E-state index contributed by atoms with van der Waals surface area (Å²) in [6, 6.07) is 16.0. The fraction of sp³-hybridized carbons (Fsp3) is 0.308. The second-order valence-corrected chi connectivity index (χ2v) is 8.28. The van der Waals surface area contributed by atoms with Crippen LogP contribution in [0.1, 0.15) is 35.5 Å². The molecule has 0 N–H and O–H groups in total. The van der Waals surface area contributed by atoms with Crippen LogP contribution in [0.5, 0.6) is 17.2 Å². The van der Waals surface area contributed by atoms with Gasteiger partial charge in [-0.05, 0) is 61.9 Å². The van der Waals surface area contributed by atoms with Crippen LogP contribution < -0.4 is 14.2 Å². The van der Waals surface area contributed by atoms with E-state index in [1.807, 2.05) is 38.1 Å². The van der Waals surface area contributed by atoms with Gasteiger partial charge in [-0.3, -0.25) is 9.59 Å². The lowest BCUT2D eigenvalue weighted by atomic mass is 10.1. The molecule has 0 spiro atoms. The molecule has 1 aliphatic rings. The summed E-state index contributed by atoms with van der Waals surface area (Å²) in [5.74, 6) is 2.15. The zero-order chi connectivity index (χ0) is 24.1. The van der Waals surface area contributed by atoms with Crippen molar-refractivity contribution in [3.8, 4) is 17.2 Å². The third-order valence-electron chi connectivity index (χ3n) is 5.60. The lowest BCUT2D eigenvalue weighted by Crippen LogP contribution is -2.45. The summed E-state index contributed by atoms with van der Waals surface area (Å²) in [5.41, 5.74) is 1.36. The number of fused-ring (bicyclic) bond motifs is 1. The van der Waals surface area contributed by atoms with Crippen LogP contribution in [0.4, 0.5) is 0 Å². The number of benzene rings is 2. The normalized spacial score (nSPS) is 12.0. The smallest absolute Gasteiger partial charge is 0.254 e. The summed E-state index contributed by atoms with van der Waals surface area (Å²) in [5, 5.41) is 0. The quantitative estimate of drug-likeness (QED) is 0.474. The average Bonchev–Trinajstić information content (AvgIpc) is 3.53. The lowest BCUT2D eigenvalue weighted by Gasteiger charge is -2.30. The van der Waals surface area contributed by atoms with Crippen molar-refractivity contribution in [3.63, 3.8) is 0 Å². The Labute approximate surface area is 198 Å². The Balaban J connectivity index is 1.54. The molecule has 0 unspecified atom stereocenters. The molecular weight excluding hydrogens is 436 g/mol. The Morgan fingerprint density at radius 2 is 1.82 bits per heavy atom. The van der Waals surface area contributed by atoms with Crippen LogP contribution in [0.15, 0.2) is 65.3 Å². The zero-order valence-electron chi connectivity index (χ0n) is 19.5. The third kappa shape index (κ3) is 5.33. The minimum Gasteiger partial charge on any atom is -0.497 e. The molecule has 8 heteroatoms. The van der Waals surface area contributed by atoms with Crippen LogP contribution in [0, 0.1) is 0 Å². The van der Waals surface area contributed by atoms with E-state index in [0.29, 0.717) is 35.1 Å². The molecule has 0 fully saturated rings. The molecule has 4 rings (SSSR count). The van der Waals surface area contributed by atoms with E-state index in [-0.39, 0.29) is 37.7 Å². The van der Waals surface area contributed by atoms with E-state index in [1.54, 1.807) is 53.5 Å². The molecule has 178 valence electrons. The molecule has 3 aromatic rings. The second-order valence-electron chi connectivity index (χ2n) is 8.28. The number of carbonyl (C=O) groups excluding carboxylic acids is 2. The molecule has 0 aliphatic carbocycles. The Bertz CT molecular complexity index is 1140. The van der Waals surface area contributed by atoms with Gasteiger partial charge in [0.1, 0.15) is 18.1 Å². The van der Waals surface area contributed by atoms with Gasteiger partial charge in [-0.2, -0.15) is 0 Å². The number of nitrogens with zero attached hydrogens (tertiary/aromatic N) is 2. The summed E-state index contributed by atoms with van der Waals surface area (Å²) in [4.78, 5) is 30.0. The van der Waals surface area contributed by atoms with E-state index in [2.05, 4.69) is 0 Å². The number of rotatable bonds is 9. The minimum atomic E-state index is -0.233. The van der Waals surface area contributed by atoms with Gasteiger partial charge in [0, 0.05) is 18.2 Å². The van der Waals surface area contributed by atoms with Crippen molar-refractivity contribution in [1.29, 1.82) is 0 Å². The minimum absolute atomic E-state index is 0.0705. The average molecular weight is 465 g/mol. The third-order valence-corrected chi connectivity index (χ3v) is 5.60. The van der Waals surface area contributed by atoms with Crippen molar-refractivity contribution in [3.05, 3.63) is 77.7 Å². The number of methoxy groups -OCH3 is 1. The maximum Gasteiger partial charge on any atom is 0.254 e. The van der Waals surface area contributed by atoms with Crippen LogP contribution in [-0.4, -0.2) is 48.1 Å². The largest absolute Gasteiger partial charge is 0.497 e. The number of hydrogen-bond acceptors (Lipinski definition) is 6. The molecule has 2 aromatic carbocycles.